The summed E-state index contributed by atoms with van der Waals surface area (Å²) < 4.78 is 1.07. The number of rotatable bonds is 6. The first-order valence-corrected chi connectivity index (χ1v) is 13.0. The Bertz CT molecular complexity index is 1450. The molecule has 1 saturated carbocycles. The second-order valence-corrected chi connectivity index (χ2v) is 10.1. The molecule has 2 N–H and O–H groups in total. The molecule has 180 valence electrons. The van der Waals surface area contributed by atoms with Crippen LogP contribution in [0.15, 0.2) is 42.7 Å². The fourth-order valence-electron chi connectivity index (χ4n) is 4.51. The van der Waals surface area contributed by atoms with Crippen LogP contribution in [0.5, 0.6) is 0 Å². The minimum atomic E-state index is 0.0391. The average Bonchev–Trinajstić information content (AvgIpc) is 3.54. The van der Waals surface area contributed by atoms with Crippen LogP contribution in [0.3, 0.4) is 0 Å². The molecule has 35 heavy (non-hydrogen) atoms. The van der Waals surface area contributed by atoms with Gasteiger partial charge in [0.15, 0.2) is 5.82 Å². The van der Waals surface area contributed by atoms with Gasteiger partial charge in [-0.15, -0.1) is 11.3 Å². The average molecular weight is 487 g/mol. The second-order valence-electron chi connectivity index (χ2n) is 9.02. The van der Waals surface area contributed by atoms with Crippen LogP contribution < -0.4 is 20.8 Å². The third-order valence-corrected chi connectivity index (χ3v) is 7.64. The van der Waals surface area contributed by atoms with Crippen LogP contribution >= 0.6 is 11.3 Å². The normalized spacial score (nSPS) is 15.6. The summed E-state index contributed by atoms with van der Waals surface area (Å²) in [6, 6.07) is 10.4. The number of aromatic nitrogens is 4. The van der Waals surface area contributed by atoms with Crippen molar-refractivity contribution in [2.45, 2.75) is 45.1 Å². The highest BCUT2D eigenvalue weighted by Gasteiger charge is 2.18. The number of thiophene rings is 1. The monoisotopic (exact) mass is 486 g/mol. The topological polar surface area (TPSA) is 86.8 Å². The maximum atomic E-state index is 12.8. The predicted molar refractivity (Wildman–Crippen MR) is 143 cm³/mol. The minimum absolute atomic E-state index is 0.0391. The van der Waals surface area contributed by atoms with Crippen LogP contribution in [0.4, 0.5) is 5.82 Å². The number of carbonyl (C=O) groups is 1. The van der Waals surface area contributed by atoms with E-state index in [0.29, 0.717) is 18.4 Å². The number of H-pyrrole nitrogens is 1. The zero-order chi connectivity index (χ0) is 24.2. The van der Waals surface area contributed by atoms with E-state index in [-0.39, 0.29) is 5.91 Å². The number of amides is 1. The van der Waals surface area contributed by atoms with Crippen molar-refractivity contribution in [3.8, 4) is 11.4 Å². The van der Waals surface area contributed by atoms with E-state index in [1.807, 2.05) is 50.5 Å². The summed E-state index contributed by atoms with van der Waals surface area (Å²) >= 11 is 1.53. The van der Waals surface area contributed by atoms with E-state index in [2.05, 4.69) is 37.5 Å². The maximum absolute atomic E-state index is 12.8. The van der Waals surface area contributed by atoms with E-state index in [4.69, 9.17) is 4.98 Å². The summed E-state index contributed by atoms with van der Waals surface area (Å²) in [6.45, 7) is 2.68. The van der Waals surface area contributed by atoms with Gasteiger partial charge in [-0.05, 0) is 43.4 Å². The number of benzene rings is 1. The van der Waals surface area contributed by atoms with Gasteiger partial charge in [0.05, 0.1) is 16.4 Å². The quantitative estimate of drug-likeness (QED) is 0.432. The third kappa shape index (κ3) is 5.27. The fourth-order valence-corrected chi connectivity index (χ4v) is 5.52. The summed E-state index contributed by atoms with van der Waals surface area (Å²) in [7, 11) is 2.01. The summed E-state index contributed by atoms with van der Waals surface area (Å²) in [5.41, 5.74) is 0.940. The van der Waals surface area contributed by atoms with Crippen LogP contribution in [0.1, 0.15) is 48.7 Å². The van der Waals surface area contributed by atoms with E-state index in [1.54, 1.807) is 6.20 Å². The molecule has 0 bridgehead atoms. The molecule has 0 saturated heterocycles. The molecule has 0 aliphatic heterocycles. The number of aromatic amines is 1. The van der Waals surface area contributed by atoms with Crippen LogP contribution in [0, 0.1) is 0 Å². The van der Waals surface area contributed by atoms with Crippen LogP contribution in [0.2, 0.25) is 0 Å². The first-order valence-electron chi connectivity index (χ1n) is 12.2. The lowest BCUT2D eigenvalue weighted by Gasteiger charge is -2.22. The van der Waals surface area contributed by atoms with Crippen molar-refractivity contribution in [2.75, 3.05) is 18.5 Å². The van der Waals surface area contributed by atoms with E-state index >= 15 is 0 Å². The Morgan fingerprint density at radius 3 is 2.91 bits per heavy atom. The summed E-state index contributed by atoms with van der Waals surface area (Å²) in [4.78, 5) is 25.0. The number of nitrogens with one attached hydrogen (secondary N) is 2. The highest BCUT2D eigenvalue weighted by Crippen LogP contribution is 2.30. The third-order valence-electron chi connectivity index (χ3n) is 6.55. The van der Waals surface area contributed by atoms with Crippen molar-refractivity contribution in [3.63, 3.8) is 0 Å². The van der Waals surface area contributed by atoms with Crippen molar-refractivity contribution in [1.82, 2.24) is 25.5 Å². The standard InChI is InChI=1S/C27H30N6OS/c1-3-22-20(17-29-32-22)12-14-33(2)25-11-13-28-26(31-25)19-10-9-18-15-24(35-23(18)16-19)27(34)30-21-7-5-4-6-8-21/h3,9-13,15-17,21,32H,4-8,14H2,1-2H3,(H,30,34)/b20-12-,22-3+. The lowest BCUT2D eigenvalue weighted by atomic mass is 9.95. The Morgan fingerprint density at radius 1 is 1.23 bits per heavy atom. The number of hydrogen-bond donors (Lipinski definition) is 2. The van der Waals surface area contributed by atoms with Gasteiger partial charge in [-0.2, -0.15) is 5.10 Å². The zero-order valence-electron chi connectivity index (χ0n) is 20.1. The molecule has 7 nitrogen and oxygen atoms in total. The fraction of sp³-hybridized carbons (Fsp3) is 0.333. The molecule has 1 aliphatic rings. The summed E-state index contributed by atoms with van der Waals surface area (Å²) in [5, 5.41) is 13.5. The number of nitrogens with zero attached hydrogens (tertiary/aromatic N) is 4. The molecule has 1 amide bonds. The van der Waals surface area contributed by atoms with Gasteiger partial charge < -0.3 is 10.2 Å². The van der Waals surface area contributed by atoms with Crippen molar-refractivity contribution in [3.05, 3.63) is 58.2 Å². The molecule has 1 fully saturated rings. The molecule has 0 atom stereocenters. The molecular formula is C27H30N6OS. The van der Waals surface area contributed by atoms with Crippen LogP contribution in [-0.2, 0) is 0 Å². The molecule has 4 aromatic rings. The van der Waals surface area contributed by atoms with Gasteiger partial charge in [-0.3, -0.25) is 9.89 Å². The van der Waals surface area contributed by atoms with Gasteiger partial charge in [-0.25, -0.2) is 9.97 Å². The predicted octanol–water partition coefficient (Wildman–Crippen LogP) is 3.86. The Balaban J connectivity index is 1.34. The maximum Gasteiger partial charge on any atom is 0.261 e. The molecule has 0 radical (unpaired) electrons. The Labute approximate surface area is 208 Å². The SMILES string of the molecule is C/C=c1/[nH]nc/c1=C/CN(C)c1ccnc(-c2ccc3cc(C(=O)NC4CCCCC4)sc3c2)n1. The Hall–Kier alpha value is -3.52. The molecule has 8 heteroatoms. The van der Waals surface area contributed by atoms with Crippen molar-refractivity contribution < 1.29 is 4.79 Å². The van der Waals surface area contributed by atoms with E-state index < -0.39 is 0 Å². The highest BCUT2D eigenvalue weighted by molar-refractivity contribution is 7.20. The van der Waals surface area contributed by atoms with E-state index in [0.717, 1.165) is 49.8 Å². The van der Waals surface area contributed by atoms with Gasteiger partial charge in [0.1, 0.15) is 5.82 Å². The molecule has 1 aliphatic carbocycles. The molecule has 1 aromatic carbocycles. The molecular weight excluding hydrogens is 456 g/mol. The molecule has 5 rings (SSSR count). The van der Waals surface area contributed by atoms with Gasteiger partial charge >= 0.3 is 0 Å². The first-order chi connectivity index (χ1) is 17.1. The van der Waals surface area contributed by atoms with Gasteiger partial charge in [0.25, 0.3) is 5.91 Å². The lowest BCUT2D eigenvalue weighted by molar-refractivity contribution is 0.0932. The Morgan fingerprint density at radius 2 is 2.09 bits per heavy atom. The number of hydrogen-bond acceptors (Lipinski definition) is 6. The Kier molecular flexibility index (Phi) is 6.90. The van der Waals surface area contributed by atoms with Crippen molar-refractivity contribution >= 4 is 45.3 Å². The van der Waals surface area contributed by atoms with Crippen LogP contribution in [-0.4, -0.2) is 45.7 Å². The minimum Gasteiger partial charge on any atom is -0.356 e. The highest BCUT2D eigenvalue weighted by atomic mass is 32.1. The van der Waals surface area contributed by atoms with E-state index in [1.165, 1.54) is 30.6 Å². The van der Waals surface area contributed by atoms with E-state index in [9.17, 15) is 4.79 Å². The zero-order valence-corrected chi connectivity index (χ0v) is 20.9. The number of anilines is 1. The van der Waals surface area contributed by atoms with Crippen LogP contribution in [0.25, 0.3) is 33.6 Å². The largest absolute Gasteiger partial charge is 0.356 e. The van der Waals surface area contributed by atoms with Gasteiger partial charge in [0, 0.05) is 41.3 Å². The number of carbonyl (C=O) groups excluding carboxylic acids is 1. The van der Waals surface area contributed by atoms with Gasteiger partial charge in [0.2, 0.25) is 0 Å². The second kappa shape index (κ2) is 10.4. The lowest BCUT2D eigenvalue weighted by Crippen LogP contribution is -2.35. The summed E-state index contributed by atoms with van der Waals surface area (Å²) in [6.07, 6.45) is 13.6. The van der Waals surface area contributed by atoms with Gasteiger partial charge in [-0.1, -0.05) is 43.5 Å². The molecule has 0 spiro atoms. The van der Waals surface area contributed by atoms with Crippen molar-refractivity contribution in [2.24, 2.45) is 0 Å². The first kappa shape index (κ1) is 23.2. The van der Waals surface area contributed by atoms with Crippen molar-refractivity contribution in [1.29, 1.82) is 0 Å². The molecule has 0 unspecified atom stereocenters. The number of fused-ring (bicyclic) bond motifs is 1. The summed E-state index contributed by atoms with van der Waals surface area (Å²) in [5.74, 6) is 1.55. The molecule has 3 aromatic heterocycles. The molecule has 3 heterocycles. The smallest absolute Gasteiger partial charge is 0.261 e.